The molecule has 4 atom stereocenters. The number of hydrogen-bond acceptors (Lipinski definition) is 14. The van der Waals surface area contributed by atoms with Crippen LogP contribution in [0.1, 0.15) is 18.2 Å². The van der Waals surface area contributed by atoms with Crippen LogP contribution < -0.4 is 45.0 Å². The maximum atomic E-state index is 11.8. The van der Waals surface area contributed by atoms with E-state index in [9.17, 15) is 49.3 Å². The van der Waals surface area contributed by atoms with Gasteiger partial charge < -0.3 is 44.3 Å². The zero-order chi connectivity index (χ0) is 22.2. The maximum absolute atomic E-state index is 11.8. The Bertz CT molecular complexity index is 785. The van der Waals surface area contributed by atoms with E-state index >= 15 is 0 Å². The Morgan fingerprint density at radius 1 is 1.34 bits per heavy atom. The number of aliphatic hydroxyl groups excluding tert-OH is 1. The van der Waals surface area contributed by atoms with Crippen LogP contribution in [0.2, 0.25) is 0 Å². The van der Waals surface area contributed by atoms with E-state index in [1.54, 1.807) is 0 Å². The van der Waals surface area contributed by atoms with E-state index in [1.807, 2.05) is 0 Å². The van der Waals surface area contributed by atoms with E-state index in [0.29, 0.717) is 0 Å². The molecule has 0 aliphatic carbocycles. The van der Waals surface area contributed by atoms with Crippen LogP contribution in [0, 0.1) is 6.92 Å². The van der Waals surface area contributed by atoms with Gasteiger partial charge in [-0.25, -0.2) is 14.7 Å². The summed E-state index contributed by atoms with van der Waals surface area (Å²) in [4.78, 5) is 91.9. The second-order valence-electron chi connectivity index (χ2n) is 6.19. The number of aromatic nitrogens is 2. The second kappa shape index (κ2) is 8.95. The van der Waals surface area contributed by atoms with Gasteiger partial charge in [-0.2, -0.15) is 4.52 Å². The molecular weight excluding hydrogens is 459 g/mol. The molecule has 1 aliphatic heterocycles. The van der Waals surface area contributed by atoms with Gasteiger partial charge in [0.2, 0.25) is 0 Å². The first kappa shape index (κ1) is 24.8. The van der Waals surface area contributed by atoms with Gasteiger partial charge in [0.05, 0.1) is 14.0 Å². The van der Waals surface area contributed by atoms with E-state index in [-0.39, 0.29) is 12.0 Å². The van der Waals surface area contributed by atoms with Gasteiger partial charge in [0, 0.05) is 12.6 Å². The van der Waals surface area contributed by atoms with Gasteiger partial charge in [-0.15, -0.1) is 7.94 Å². The summed E-state index contributed by atoms with van der Waals surface area (Å²) in [5.41, 5.74) is -0.813. The molecule has 2 heterocycles. The van der Waals surface area contributed by atoms with Crippen LogP contribution in [-0.2, 0) is 9.26 Å². The van der Waals surface area contributed by atoms with Crippen LogP contribution in [0.15, 0.2) is 11.0 Å². The lowest BCUT2D eigenvalue weighted by Gasteiger charge is -2.48. The summed E-state index contributed by atoms with van der Waals surface area (Å²) in [7, 11) is -16.0. The van der Waals surface area contributed by atoms with Crippen molar-refractivity contribution in [2.24, 2.45) is 0 Å². The molecule has 1 aromatic rings. The van der Waals surface area contributed by atoms with Crippen molar-refractivity contribution in [2.45, 2.75) is 31.8 Å². The van der Waals surface area contributed by atoms with Crippen molar-refractivity contribution >= 4 is 23.9 Å². The molecule has 166 valence electrons. The van der Waals surface area contributed by atoms with Crippen molar-refractivity contribution in [3.05, 3.63) is 22.2 Å². The highest BCUT2D eigenvalue weighted by Gasteiger charge is 2.41. The number of hydrogen-bond donors (Lipinski definition) is 3. The fraction of sp³-hybridized carbons (Fsp3) is 0.636. The topological polar surface area (TPSA) is 267 Å². The number of rotatable bonds is 8. The molecule has 3 N–H and O–H groups in total. The molecule has 1 unspecified atom stereocenters. The molecule has 0 aromatic carbocycles. The monoisotopic (exact) mass is 475 g/mol. The van der Waals surface area contributed by atoms with Gasteiger partial charge in [0.25, 0.3) is 0 Å². The minimum absolute atomic E-state index is 0.131. The lowest BCUT2D eigenvalue weighted by atomic mass is 10.2. The highest BCUT2D eigenvalue weighted by Crippen LogP contribution is 2.58. The van der Waals surface area contributed by atoms with Gasteiger partial charge in [0.1, 0.15) is 18.9 Å². The molecule has 1 saturated heterocycles. The van der Waals surface area contributed by atoms with E-state index in [0.717, 1.165) is 15.6 Å². The van der Waals surface area contributed by atoms with Crippen molar-refractivity contribution in [1.82, 2.24) is 14.4 Å². The molecule has 1 fully saturated rings. The molecule has 1 aliphatic rings. The first-order chi connectivity index (χ1) is 13.1. The van der Waals surface area contributed by atoms with Crippen LogP contribution in [0.4, 0.5) is 0 Å². The van der Waals surface area contributed by atoms with Gasteiger partial charge in [-0.1, -0.05) is 0 Å². The summed E-state index contributed by atoms with van der Waals surface area (Å²) in [6, 6.07) is 0. The first-order valence-electron chi connectivity index (χ1n) is 7.77. The van der Waals surface area contributed by atoms with Crippen LogP contribution in [0.25, 0.3) is 0 Å². The molecule has 2 rings (SSSR count). The Morgan fingerprint density at radius 2 is 1.97 bits per heavy atom. The molecule has 29 heavy (non-hydrogen) atoms. The van der Waals surface area contributed by atoms with Crippen LogP contribution >= 0.6 is 23.9 Å². The Hall–Kier alpha value is -0.470. The summed E-state index contributed by atoms with van der Waals surface area (Å²) in [6.45, 7) is 0.570. The molecule has 0 radical (unpaired) electrons. The molecular formula is C11H16N3O12P3-4. The van der Waals surface area contributed by atoms with Gasteiger partial charge in [-0.3, -0.25) is 4.57 Å². The smallest absolute Gasteiger partial charge is 0.349 e. The minimum Gasteiger partial charge on any atom is -0.858 e. The molecule has 18 heteroatoms. The molecule has 0 amide bonds. The lowest BCUT2D eigenvalue weighted by molar-refractivity contribution is -0.427. The predicted octanol–water partition coefficient (Wildman–Crippen LogP) is -6.81. The van der Waals surface area contributed by atoms with Crippen molar-refractivity contribution in [2.75, 3.05) is 12.5 Å². The van der Waals surface area contributed by atoms with Crippen molar-refractivity contribution in [3.63, 3.8) is 0 Å². The van der Waals surface area contributed by atoms with E-state index in [1.165, 1.54) is 6.92 Å². The van der Waals surface area contributed by atoms with Crippen LogP contribution in [0.5, 0.6) is 5.88 Å². The van der Waals surface area contributed by atoms with E-state index in [2.05, 4.69) is 9.51 Å². The maximum Gasteiger partial charge on any atom is 0.349 e. The summed E-state index contributed by atoms with van der Waals surface area (Å²) < 4.78 is 10.8. The summed E-state index contributed by atoms with van der Waals surface area (Å²) >= 11 is 0. The Balaban J connectivity index is 1.99. The summed E-state index contributed by atoms with van der Waals surface area (Å²) in [5.74, 6) is -2.66. The van der Waals surface area contributed by atoms with Crippen molar-refractivity contribution < 1.29 is 53.7 Å². The third-order valence-electron chi connectivity index (χ3n) is 3.65. The normalized spacial score (nSPS) is 25.2. The average molecular weight is 475 g/mol. The first-order valence-corrected chi connectivity index (χ1v) is 12.9. The quantitative estimate of drug-likeness (QED) is 0.295. The average Bonchev–Trinajstić information content (AvgIpc) is 2.86. The standard InChI is InChI=1S/C11H20N3O12P3/c1-6-3-14(11(17)12-10(6)16)9-2-7(15)8(26-9)4-25-29(23,24)13-27(18,19)5-28(20,21)22/h3,7-9,15H,2,4-5H2,1H3,(H,12,16,17)(H2,20,21,22)(H3,13,18,19,23,24)/p-4/t7-,8+,9+/m0/s1. The zero-order valence-electron chi connectivity index (χ0n) is 14.6. The highest BCUT2D eigenvalue weighted by molar-refractivity contribution is 7.80. The largest absolute Gasteiger partial charge is 0.858 e. The summed E-state index contributed by atoms with van der Waals surface area (Å²) in [5, 5.41) is 21.3. The van der Waals surface area contributed by atoms with Gasteiger partial charge in [-0.05, 0) is 23.2 Å². The fourth-order valence-corrected chi connectivity index (χ4v) is 7.22. The minimum atomic E-state index is -5.53. The molecule has 0 spiro atoms. The number of aryl methyl sites for hydroxylation is 1. The van der Waals surface area contributed by atoms with E-state index < -0.39 is 66.4 Å². The highest BCUT2D eigenvalue weighted by atomic mass is 31.3. The van der Waals surface area contributed by atoms with Crippen molar-refractivity contribution in [1.29, 1.82) is 0 Å². The summed E-state index contributed by atoms with van der Waals surface area (Å²) in [6.07, 6.45) is -2.68. The predicted molar refractivity (Wildman–Crippen MR) is 84.1 cm³/mol. The molecule has 0 bridgehead atoms. The number of nitrogens with one attached hydrogen (secondary N) is 1. The molecule has 0 saturated carbocycles. The third-order valence-corrected chi connectivity index (χ3v) is 9.26. The SMILES string of the molecule is Cc1cn([C@H]2C[C@H](O)[C@@H](CO[P+]([O-])(O)N[P+]([O-])([O-])C[P+]([O-])([O-])[O-])O2)c(=O)nc1[O-]. The van der Waals surface area contributed by atoms with E-state index in [4.69, 9.17) is 4.74 Å². The van der Waals surface area contributed by atoms with Gasteiger partial charge in [0.15, 0.2) is 5.90 Å². The number of aliphatic hydroxyl groups is 1. The van der Waals surface area contributed by atoms with Crippen molar-refractivity contribution in [3.8, 4) is 5.88 Å². The molecule has 15 nitrogen and oxygen atoms in total. The third kappa shape index (κ3) is 7.31. The Kier molecular flexibility index (Phi) is 7.65. The number of ether oxygens (including phenoxy) is 1. The Morgan fingerprint density at radius 3 is 2.55 bits per heavy atom. The lowest BCUT2D eigenvalue weighted by Crippen LogP contribution is -2.46. The van der Waals surface area contributed by atoms with Crippen LogP contribution in [-0.4, -0.2) is 44.3 Å². The number of nitrogens with zero attached hydrogens (tertiary/aromatic N) is 2. The second-order valence-corrected chi connectivity index (χ2v) is 12.0. The molecule has 1 aromatic heterocycles. The van der Waals surface area contributed by atoms with Gasteiger partial charge >= 0.3 is 13.8 Å². The Labute approximate surface area is 165 Å². The zero-order valence-corrected chi connectivity index (χ0v) is 17.3. The fourth-order valence-electron chi connectivity index (χ4n) is 2.45. The van der Waals surface area contributed by atoms with Crippen LogP contribution in [0.3, 0.4) is 0 Å².